The minimum atomic E-state index is -0.0433. The molecule has 1 fully saturated rings. The number of benzene rings is 1. The minimum Gasteiger partial charge on any atom is -0.383 e. The average Bonchev–Trinajstić information content (AvgIpc) is 2.83. The summed E-state index contributed by atoms with van der Waals surface area (Å²) in [4.78, 5) is 25.6. The Hall–Kier alpha value is -2.35. The third-order valence-electron chi connectivity index (χ3n) is 4.16. The van der Waals surface area contributed by atoms with Crippen LogP contribution in [0.2, 0.25) is 0 Å². The second kappa shape index (κ2) is 8.33. The lowest BCUT2D eigenvalue weighted by Gasteiger charge is -2.20. The molecule has 0 bridgehead atoms. The fraction of sp³-hybridized carbons (Fsp3) is 0.500. The van der Waals surface area contributed by atoms with Gasteiger partial charge >= 0.3 is 0 Å². The van der Waals surface area contributed by atoms with Gasteiger partial charge in [0, 0.05) is 31.6 Å². The van der Waals surface area contributed by atoms with Gasteiger partial charge in [0.15, 0.2) is 5.78 Å². The van der Waals surface area contributed by atoms with E-state index in [0.717, 1.165) is 25.9 Å². The second-order valence-electron chi connectivity index (χ2n) is 5.90. The number of amides is 1. The molecule has 2 rings (SSSR count). The van der Waals surface area contributed by atoms with E-state index in [0.29, 0.717) is 29.8 Å². The van der Waals surface area contributed by atoms with Gasteiger partial charge in [0.1, 0.15) is 6.07 Å². The van der Waals surface area contributed by atoms with Crippen molar-refractivity contribution in [1.29, 1.82) is 5.26 Å². The van der Waals surface area contributed by atoms with Crippen molar-refractivity contribution >= 4 is 17.4 Å². The van der Waals surface area contributed by atoms with Crippen LogP contribution in [-0.2, 0) is 4.79 Å². The van der Waals surface area contributed by atoms with Gasteiger partial charge in [0.05, 0.1) is 11.3 Å². The molecule has 0 saturated carbocycles. The molecular weight excluding hydrogens is 290 g/mol. The number of hydrogen-bond acceptors (Lipinski definition) is 4. The molecule has 1 aromatic carbocycles. The number of likely N-dealkylation sites (tertiary alicyclic amines) is 1. The van der Waals surface area contributed by atoms with Gasteiger partial charge in [-0.2, -0.15) is 5.26 Å². The second-order valence-corrected chi connectivity index (χ2v) is 5.90. The van der Waals surface area contributed by atoms with Crippen LogP contribution >= 0.6 is 0 Å². The van der Waals surface area contributed by atoms with Crippen LogP contribution in [0.4, 0.5) is 5.69 Å². The molecule has 5 heteroatoms. The Balaban J connectivity index is 1.92. The van der Waals surface area contributed by atoms with E-state index >= 15 is 0 Å². The number of rotatable bonds is 5. The fourth-order valence-corrected chi connectivity index (χ4v) is 2.79. The minimum absolute atomic E-state index is 0.0433. The van der Waals surface area contributed by atoms with Crippen LogP contribution in [0.15, 0.2) is 18.2 Å². The number of carbonyl (C=O) groups is 2. The van der Waals surface area contributed by atoms with E-state index in [1.165, 1.54) is 19.8 Å². The van der Waals surface area contributed by atoms with E-state index in [-0.39, 0.29) is 11.7 Å². The lowest BCUT2D eigenvalue weighted by Crippen LogP contribution is -2.32. The molecule has 0 spiro atoms. The first-order chi connectivity index (χ1) is 11.1. The van der Waals surface area contributed by atoms with Crippen molar-refractivity contribution in [3.63, 3.8) is 0 Å². The highest BCUT2D eigenvalue weighted by Gasteiger charge is 2.15. The van der Waals surface area contributed by atoms with Gasteiger partial charge in [0.2, 0.25) is 5.91 Å². The molecule has 0 radical (unpaired) electrons. The zero-order valence-corrected chi connectivity index (χ0v) is 13.6. The number of anilines is 1. The van der Waals surface area contributed by atoms with Crippen molar-refractivity contribution in [2.24, 2.45) is 0 Å². The lowest BCUT2D eigenvalue weighted by molar-refractivity contribution is -0.130. The molecular formula is C18H23N3O2. The largest absolute Gasteiger partial charge is 0.383 e. The number of nitrogens with zero attached hydrogens (tertiary/aromatic N) is 2. The highest BCUT2D eigenvalue weighted by atomic mass is 16.2. The molecule has 0 aromatic heterocycles. The maximum Gasteiger partial charge on any atom is 0.224 e. The highest BCUT2D eigenvalue weighted by molar-refractivity contribution is 5.95. The number of Topliss-reactive ketones (excluding diaryl/α,β-unsaturated/α-hetero) is 1. The van der Waals surface area contributed by atoms with Crippen LogP contribution in [0.3, 0.4) is 0 Å². The maximum absolute atomic E-state index is 12.2. The first-order valence-electron chi connectivity index (χ1n) is 8.18. The molecule has 5 nitrogen and oxygen atoms in total. The first-order valence-corrected chi connectivity index (χ1v) is 8.18. The van der Waals surface area contributed by atoms with Crippen molar-refractivity contribution in [2.45, 2.75) is 39.0 Å². The van der Waals surface area contributed by atoms with Crippen LogP contribution in [-0.4, -0.2) is 36.2 Å². The monoisotopic (exact) mass is 313 g/mol. The Morgan fingerprint density at radius 1 is 1.22 bits per heavy atom. The Labute approximate surface area is 137 Å². The first kappa shape index (κ1) is 17.0. The number of carbonyl (C=O) groups excluding carboxylic acids is 2. The predicted molar refractivity (Wildman–Crippen MR) is 89.3 cm³/mol. The molecule has 1 aliphatic heterocycles. The number of nitrogens with one attached hydrogen (secondary N) is 1. The summed E-state index contributed by atoms with van der Waals surface area (Å²) < 4.78 is 0. The van der Waals surface area contributed by atoms with E-state index in [1.54, 1.807) is 18.2 Å². The van der Waals surface area contributed by atoms with Gasteiger partial charge in [-0.05, 0) is 38.0 Å². The summed E-state index contributed by atoms with van der Waals surface area (Å²) in [5.41, 5.74) is 1.66. The van der Waals surface area contributed by atoms with Crippen LogP contribution in [0, 0.1) is 11.3 Å². The van der Waals surface area contributed by atoms with Crippen LogP contribution < -0.4 is 5.32 Å². The molecule has 0 unspecified atom stereocenters. The molecule has 122 valence electrons. The summed E-state index contributed by atoms with van der Waals surface area (Å²) in [6.07, 6.45) is 4.96. The van der Waals surface area contributed by atoms with Crippen molar-refractivity contribution in [3.8, 4) is 6.07 Å². The van der Waals surface area contributed by atoms with Crippen molar-refractivity contribution in [1.82, 2.24) is 4.90 Å². The predicted octanol–water partition coefficient (Wildman–Crippen LogP) is 2.97. The SMILES string of the molecule is CC(=O)c1ccc(C#N)c(NCCC(=O)N2CCCCCC2)c1. The number of nitriles is 1. The molecule has 1 heterocycles. The summed E-state index contributed by atoms with van der Waals surface area (Å²) in [6.45, 7) is 3.66. The summed E-state index contributed by atoms with van der Waals surface area (Å²) in [7, 11) is 0. The molecule has 1 amide bonds. The molecule has 23 heavy (non-hydrogen) atoms. The molecule has 1 N–H and O–H groups in total. The van der Waals surface area contributed by atoms with Gasteiger partial charge in [-0.1, -0.05) is 12.8 Å². The smallest absolute Gasteiger partial charge is 0.224 e. The molecule has 1 saturated heterocycles. The van der Waals surface area contributed by atoms with Gasteiger partial charge in [0.25, 0.3) is 0 Å². The summed E-state index contributed by atoms with van der Waals surface area (Å²) in [5, 5.41) is 12.3. The molecule has 0 aliphatic carbocycles. The third-order valence-corrected chi connectivity index (χ3v) is 4.16. The van der Waals surface area contributed by atoms with E-state index < -0.39 is 0 Å². The Morgan fingerprint density at radius 2 is 1.91 bits per heavy atom. The molecule has 1 aromatic rings. The summed E-state index contributed by atoms with van der Waals surface area (Å²) >= 11 is 0. The highest BCUT2D eigenvalue weighted by Crippen LogP contribution is 2.18. The summed E-state index contributed by atoms with van der Waals surface area (Å²) in [6, 6.07) is 7.06. The van der Waals surface area contributed by atoms with Gasteiger partial charge in [-0.15, -0.1) is 0 Å². The van der Waals surface area contributed by atoms with Gasteiger partial charge in [-0.25, -0.2) is 0 Å². The van der Waals surface area contributed by atoms with Crippen LogP contribution in [0.25, 0.3) is 0 Å². The van der Waals surface area contributed by atoms with Gasteiger partial charge in [-0.3, -0.25) is 9.59 Å². The zero-order valence-electron chi connectivity index (χ0n) is 13.6. The van der Waals surface area contributed by atoms with Gasteiger partial charge < -0.3 is 10.2 Å². The summed E-state index contributed by atoms with van der Waals surface area (Å²) in [5.74, 6) is 0.110. The quantitative estimate of drug-likeness (QED) is 0.848. The topological polar surface area (TPSA) is 73.2 Å². The normalized spacial score (nSPS) is 14.7. The molecule has 0 atom stereocenters. The maximum atomic E-state index is 12.2. The van der Waals surface area contributed by atoms with Crippen molar-refractivity contribution in [3.05, 3.63) is 29.3 Å². The fourth-order valence-electron chi connectivity index (χ4n) is 2.79. The Kier molecular flexibility index (Phi) is 6.16. The van der Waals surface area contributed by atoms with Crippen LogP contribution in [0.5, 0.6) is 0 Å². The van der Waals surface area contributed by atoms with E-state index in [9.17, 15) is 9.59 Å². The Bertz CT molecular complexity index is 611. The van der Waals surface area contributed by atoms with E-state index in [2.05, 4.69) is 11.4 Å². The third kappa shape index (κ3) is 4.82. The standard InChI is InChI=1S/C18H23N3O2/c1-14(22)15-6-7-16(13-19)17(12-15)20-9-8-18(23)21-10-4-2-3-5-11-21/h6-7,12,20H,2-5,8-11H2,1H3. The van der Waals surface area contributed by atoms with E-state index in [1.807, 2.05) is 4.90 Å². The zero-order chi connectivity index (χ0) is 16.7. The number of hydrogen-bond donors (Lipinski definition) is 1. The average molecular weight is 313 g/mol. The number of ketones is 1. The van der Waals surface area contributed by atoms with Crippen molar-refractivity contribution in [2.75, 3.05) is 25.0 Å². The Morgan fingerprint density at radius 3 is 2.52 bits per heavy atom. The molecule has 1 aliphatic rings. The lowest BCUT2D eigenvalue weighted by atomic mass is 10.1. The van der Waals surface area contributed by atoms with Crippen LogP contribution in [0.1, 0.15) is 54.9 Å². The van der Waals surface area contributed by atoms with E-state index in [4.69, 9.17) is 5.26 Å². The van der Waals surface area contributed by atoms with Crippen molar-refractivity contribution < 1.29 is 9.59 Å².